The molecule has 2 aliphatic heterocycles. The number of piperidine rings is 1. The molecule has 0 bridgehead atoms. The molecule has 116 valence electrons. The monoisotopic (exact) mass is 293 g/mol. The van der Waals surface area contributed by atoms with Gasteiger partial charge in [-0.05, 0) is 31.7 Å². The SMILES string of the molecule is CCCn1ccc(C(=O)N2CC[C@@]3(CCCO3)[C@@H](O)C2)n1. The first kappa shape index (κ1) is 14.5. The molecule has 21 heavy (non-hydrogen) atoms. The molecular formula is C15H23N3O3. The van der Waals surface area contributed by atoms with Crippen LogP contribution >= 0.6 is 0 Å². The molecule has 2 fully saturated rings. The Balaban J connectivity index is 1.66. The van der Waals surface area contributed by atoms with E-state index in [0.717, 1.165) is 25.8 Å². The van der Waals surface area contributed by atoms with Crippen LogP contribution in [0.15, 0.2) is 12.3 Å². The third-order valence-corrected chi connectivity index (χ3v) is 4.54. The minimum Gasteiger partial charge on any atom is -0.388 e. The Morgan fingerprint density at radius 3 is 3.10 bits per heavy atom. The van der Waals surface area contributed by atoms with Gasteiger partial charge in [-0.1, -0.05) is 6.92 Å². The molecule has 0 aliphatic carbocycles. The quantitative estimate of drug-likeness (QED) is 0.904. The van der Waals surface area contributed by atoms with Crippen LogP contribution in [0.4, 0.5) is 0 Å². The first-order valence-corrected chi connectivity index (χ1v) is 7.79. The summed E-state index contributed by atoms with van der Waals surface area (Å²) in [6.07, 6.45) is 4.80. The lowest BCUT2D eigenvalue weighted by Crippen LogP contribution is -2.56. The molecule has 6 nitrogen and oxygen atoms in total. The number of ether oxygens (including phenoxy) is 1. The highest BCUT2D eigenvalue weighted by Gasteiger charge is 2.46. The lowest BCUT2D eigenvalue weighted by Gasteiger charge is -2.42. The molecule has 2 aliphatic rings. The van der Waals surface area contributed by atoms with Gasteiger partial charge in [0, 0.05) is 32.4 Å². The van der Waals surface area contributed by atoms with E-state index in [-0.39, 0.29) is 5.91 Å². The van der Waals surface area contributed by atoms with Crippen LogP contribution in [0, 0.1) is 0 Å². The summed E-state index contributed by atoms with van der Waals surface area (Å²) in [6, 6.07) is 1.75. The van der Waals surface area contributed by atoms with Crippen molar-refractivity contribution in [3.8, 4) is 0 Å². The van der Waals surface area contributed by atoms with Crippen LogP contribution in [0.1, 0.15) is 43.1 Å². The lowest BCUT2D eigenvalue weighted by atomic mass is 9.86. The van der Waals surface area contributed by atoms with Gasteiger partial charge in [-0.2, -0.15) is 5.10 Å². The molecule has 0 aromatic carbocycles. The zero-order valence-electron chi connectivity index (χ0n) is 12.5. The van der Waals surface area contributed by atoms with Crippen molar-refractivity contribution in [3.63, 3.8) is 0 Å². The molecule has 3 heterocycles. The summed E-state index contributed by atoms with van der Waals surface area (Å²) >= 11 is 0. The second-order valence-corrected chi connectivity index (χ2v) is 6.00. The van der Waals surface area contributed by atoms with Crippen LogP contribution in [0.25, 0.3) is 0 Å². The maximum Gasteiger partial charge on any atom is 0.274 e. The van der Waals surface area contributed by atoms with Crippen LogP contribution in [-0.4, -0.2) is 57.1 Å². The summed E-state index contributed by atoms with van der Waals surface area (Å²) in [7, 11) is 0. The van der Waals surface area contributed by atoms with Crippen molar-refractivity contribution < 1.29 is 14.6 Å². The number of aliphatic hydroxyl groups excluding tert-OH is 1. The van der Waals surface area contributed by atoms with Crippen molar-refractivity contribution in [2.45, 2.75) is 50.9 Å². The Morgan fingerprint density at radius 2 is 2.43 bits per heavy atom. The van der Waals surface area contributed by atoms with Crippen molar-refractivity contribution in [1.82, 2.24) is 14.7 Å². The fourth-order valence-corrected chi connectivity index (χ4v) is 3.31. The molecule has 2 saturated heterocycles. The predicted molar refractivity (Wildman–Crippen MR) is 77.0 cm³/mol. The Bertz CT molecular complexity index is 508. The first-order valence-electron chi connectivity index (χ1n) is 7.79. The fourth-order valence-electron chi connectivity index (χ4n) is 3.31. The number of nitrogens with zero attached hydrogens (tertiary/aromatic N) is 3. The summed E-state index contributed by atoms with van der Waals surface area (Å²) in [5.41, 5.74) is 0.0390. The van der Waals surface area contributed by atoms with E-state index in [1.54, 1.807) is 15.6 Å². The van der Waals surface area contributed by atoms with E-state index < -0.39 is 11.7 Å². The molecule has 6 heteroatoms. The molecule has 0 radical (unpaired) electrons. The van der Waals surface area contributed by atoms with Gasteiger partial charge in [0.05, 0.1) is 5.60 Å². The fraction of sp³-hybridized carbons (Fsp3) is 0.733. The average molecular weight is 293 g/mol. The van der Waals surface area contributed by atoms with Gasteiger partial charge >= 0.3 is 0 Å². The number of aryl methyl sites for hydroxylation is 1. The highest BCUT2D eigenvalue weighted by atomic mass is 16.5. The number of likely N-dealkylation sites (tertiary alicyclic amines) is 1. The second-order valence-electron chi connectivity index (χ2n) is 6.00. The summed E-state index contributed by atoms with van der Waals surface area (Å²) in [5, 5.41) is 14.7. The third kappa shape index (κ3) is 2.70. The minimum atomic E-state index is -0.601. The standard InChI is InChI=1S/C15H23N3O3/c1-2-7-18-8-4-12(16-18)14(20)17-9-6-15(13(19)11-17)5-3-10-21-15/h4,8,13,19H,2-3,5-7,9-11H2,1H3/t13-,15-/m0/s1. The van der Waals surface area contributed by atoms with Crippen LogP contribution in [0.2, 0.25) is 0 Å². The number of carbonyl (C=O) groups is 1. The Labute approximate surface area is 124 Å². The van der Waals surface area contributed by atoms with Crippen molar-refractivity contribution in [2.24, 2.45) is 0 Å². The van der Waals surface area contributed by atoms with E-state index in [0.29, 0.717) is 31.8 Å². The predicted octanol–water partition coefficient (Wildman–Crippen LogP) is 1.05. The molecular weight excluding hydrogens is 270 g/mol. The minimum absolute atomic E-state index is 0.100. The number of amides is 1. The van der Waals surface area contributed by atoms with Crippen LogP contribution in [0.5, 0.6) is 0 Å². The van der Waals surface area contributed by atoms with Crippen molar-refractivity contribution in [2.75, 3.05) is 19.7 Å². The van der Waals surface area contributed by atoms with Gasteiger partial charge in [-0.3, -0.25) is 9.48 Å². The molecule has 1 aromatic rings. The third-order valence-electron chi connectivity index (χ3n) is 4.54. The molecule has 2 atom stereocenters. The maximum absolute atomic E-state index is 12.5. The van der Waals surface area contributed by atoms with E-state index in [2.05, 4.69) is 12.0 Å². The highest BCUT2D eigenvalue weighted by Crippen LogP contribution is 2.36. The molecule has 1 spiro atoms. The summed E-state index contributed by atoms with van der Waals surface area (Å²) < 4.78 is 7.54. The number of carbonyl (C=O) groups excluding carboxylic acids is 1. The molecule has 3 rings (SSSR count). The van der Waals surface area contributed by atoms with Crippen LogP contribution in [0.3, 0.4) is 0 Å². The van der Waals surface area contributed by atoms with Crippen molar-refractivity contribution in [1.29, 1.82) is 0 Å². The molecule has 1 amide bonds. The summed E-state index contributed by atoms with van der Waals surface area (Å²) in [4.78, 5) is 14.2. The number of β-amino-alcohol motifs (C(OH)–C–C–N with tert-alkyl or cyclic N) is 1. The Morgan fingerprint density at radius 1 is 1.57 bits per heavy atom. The van der Waals surface area contributed by atoms with Gasteiger partial charge in [0.2, 0.25) is 0 Å². The summed E-state index contributed by atoms with van der Waals surface area (Å²) in [6.45, 7) is 4.56. The van der Waals surface area contributed by atoms with E-state index in [1.165, 1.54) is 0 Å². The zero-order valence-corrected chi connectivity index (χ0v) is 12.5. The number of aromatic nitrogens is 2. The highest BCUT2D eigenvalue weighted by molar-refractivity contribution is 5.92. The Hall–Kier alpha value is -1.40. The topological polar surface area (TPSA) is 67.6 Å². The smallest absolute Gasteiger partial charge is 0.274 e. The van der Waals surface area contributed by atoms with Gasteiger partial charge in [-0.25, -0.2) is 0 Å². The van der Waals surface area contributed by atoms with Crippen LogP contribution in [-0.2, 0) is 11.3 Å². The van der Waals surface area contributed by atoms with Crippen molar-refractivity contribution in [3.05, 3.63) is 18.0 Å². The number of hydrogen-bond acceptors (Lipinski definition) is 4. The first-order chi connectivity index (χ1) is 10.1. The maximum atomic E-state index is 12.5. The normalized spacial score (nSPS) is 29.2. The number of rotatable bonds is 3. The van der Waals surface area contributed by atoms with E-state index in [1.807, 2.05) is 6.20 Å². The molecule has 0 unspecified atom stereocenters. The van der Waals surface area contributed by atoms with Gasteiger partial charge in [-0.15, -0.1) is 0 Å². The lowest BCUT2D eigenvalue weighted by molar-refractivity contribution is -0.123. The van der Waals surface area contributed by atoms with Gasteiger partial charge in [0.1, 0.15) is 11.8 Å². The second kappa shape index (κ2) is 5.77. The van der Waals surface area contributed by atoms with Crippen LogP contribution < -0.4 is 0 Å². The molecule has 0 saturated carbocycles. The van der Waals surface area contributed by atoms with Crippen molar-refractivity contribution >= 4 is 5.91 Å². The van der Waals surface area contributed by atoms with E-state index >= 15 is 0 Å². The van der Waals surface area contributed by atoms with Gasteiger partial charge < -0.3 is 14.7 Å². The average Bonchev–Trinajstić information content (AvgIpc) is 3.12. The zero-order chi connectivity index (χ0) is 14.9. The Kier molecular flexibility index (Phi) is 3.99. The van der Waals surface area contributed by atoms with E-state index in [9.17, 15) is 9.90 Å². The molecule has 1 N–H and O–H groups in total. The molecule has 1 aromatic heterocycles. The van der Waals surface area contributed by atoms with Gasteiger partial charge in [0.15, 0.2) is 0 Å². The largest absolute Gasteiger partial charge is 0.388 e. The summed E-state index contributed by atoms with van der Waals surface area (Å²) in [5.74, 6) is -0.100. The van der Waals surface area contributed by atoms with E-state index in [4.69, 9.17) is 4.74 Å². The number of hydrogen-bond donors (Lipinski definition) is 1. The van der Waals surface area contributed by atoms with Gasteiger partial charge in [0.25, 0.3) is 5.91 Å². The number of aliphatic hydroxyl groups is 1.